The Bertz CT molecular complexity index is 596. The summed E-state index contributed by atoms with van der Waals surface area (Å²) in [7, 11) is 2.16. The largest absolute Gasteiger partial charge is 0.369 e. The van der Waals surface area contributed by atoms with E-state index < -0.39 is 0 Å². The van der Waals surface area contributed by atoms with Crippen LogP contribution in [0.1, 0.15) is 19.3 Å². The van der Waals surface area contributed by atoms with E-state index in [1.54, 1.807) is 12.1 Å². The van der Waals surface area contributed by atoms with Crippen LogP contribution in [0.3, 0.4) is 0 Å². The minimum atomic E-state index is -0.274. The molecule has 0 amide bonds. The maximum atomic E-state index is 13.9. The minimum Gasteiger partial charge on any atom is -0.369 e. The van der Waals surface area contributed by atoms with Crippen molar-refractivity contribution in [1.82, 2.24) is 14.9 Å². The zero-order valence-corrected chi connectivity index (χ0v) is 11.6. The average molecular weight is 274 g/mol. The second-order valence-electron chi connectivity index (χ2n) is 5.35. The van der Waals surface area contributed by atoms with Crippen LogP contribution in [0.5, 0.6) is 0 Å². The molecule has 1 aliphatic rings. The van der Waals surface area contributed by atoms with E-state index in [1.165, 1.54) is 31.8 Å². The van der Waals surface area contributed by atoms with Crippen molar-refractivity contribution in [2.45, 2.75) is 25.3 Å². The van der Waals surface area contributed by atoms with Crippen molar-refractivity contribution in [3.8, 4) is 0 Å². The predicted octanol–water partition coefficient (Wildman–Crippen LogP) is 2.67. The summed E-state index contributed by atoms with van der Waals surface area (Å²) in [6.07, 6.45) is 5.05. The lowest BCUT2D eigenvalue weighted by atomic mass is 10.1. The lowest BCUT2D eigenvalue weighted by Crippen LogP contribution is -2.27. The van der Waals surface area contributed by atoms with E-state index in [-0.39, 0.29) is 5.82 Å². The Balaban J connectivity index is 1.71. The number of nitrogens with one attached hydrogen (secondary N) is 1. The molecule has 0 spiro atoms. The Hall–Kier alpha value is -1.75. The van der Waals surface area contributed by atoms with Gasteiger partial charge in [0.1, 0.15) is 18.0 Å². The van der Waals surface area contributed by atoms with Gasteiger partial charge in [0.25, 0.3) is 0 Å². The molecule has 1 N–H and O–H groups in total. The van der Waals surface area contributed by atoms with Crippen LogP contribution in [-0.2, 0) is 0 Å². The number of hydrogen-bond acceptors (Lipinski definition) is 4. The molecule has 106 valence electrons. The number of likely N-dealkylation sites (tertiary alicyclic amines) is 1. The first-order chi connectivity index (χ1) is 9.75. The van der Waals surface area contributed by atoms with Gasteiger partial charge in [-0.15, -0.1) is 0 Å². The van der Waals surface area contributed by atoms with E-state index in [9.17, 15) is 4.39 Å². The highest BCUT2D eigenvalue weighted by Crippen LogP contribution is 2.23. The zero-order chi connectivity index (χ0) is 13.9. The molecule has 0 saturated carbocycles. The van der Waals surface area contributed by atoms with Crippen LogP contribution in [0.15, 0.2) is 24.5 Å². The molecule has 1 aromatic carbocycles. The van der Waals surface area contributed by atoms with E-state index in [0.717, 1.165) is 13.0 Å². The highest BCUT2D eigenvalue weighted by Gasteiger charge is 2.20. The van der Waals surface area contributed by atoms with Gasteiger partial charge in [-0.25, -0.2) is 14.4 Å². The predicted molar refractivity (Wildman–Crippen MR) is 78.3 cm³/mol. The molecule has 1 aliphatic heterocycles. The fraction of sp³-hybridized carbons (Fsp3) is 0.467. The smallest absolute Gasteiger partial charge is 0.140 e. The number of nitrogens with zero attached hydrogens (tertiary/aromatic N) is 3. The summed E-state index contributed by atoms with van der Waals surface area (Å²) < 4.78 is 13.9. The number of anilines is 1. The van der Waals surface area contributed by atoms with Gasteiger partial charge in [-0.3, -0.25) is 0 Å². The first-order valence-electron chi connectivity index (χ1n) is 7.09. The Morgan fingerprint density at radius 2 is 2.30 bits per heavy atom. The van der Waals surface area contributed by atoms with E-state index >= 15 is 0 Å². The number of hydrogen-bond donors (Lipinski definition) is 1. The Morgan fingerprint density at radius 1 is 1.40 bits per heavy atom. The van der Waals surface area contributed by atoms with E-state index in [2.05, 4.69) is 27.2 Å². The summed E-state index contributed by atoms with van der Waals surface area (Å²) in [6, 6.07) is 5.54. The Kier molecular flexibility index (Phi) is 3.78. The fourth-order valence-corrected chi connectivity index (χ4v) is 2.90. The minimum absolute atomic E-state index is 0.274. The van der Waals surface area contributed by atoms with Gasteiger partial charge in [0, 0.05) is 12.6 Å². The first-order valence-corrected chi connectivity index (χ1v) is 7.09. The second-order valence-corrected chi connectivity index (χ2v) is 5.35. The lowest BCUT2D eigenvalue weighted by Gasteiger charge is -2.19. The van der Waals surface area contributed by atoms with Crippen molar-refractivity contribution in [3.63, 3.8) is 0 Å². The van der Waals surface area contributed by atoms with Gasteiger partial charge >= 0.3 is 0 Å². The normalized spacial score (nSPS) is 19.6. The molecule has 0 bridgehead atoms. The summed E-state index contributed by atoms with van der Waals surface area (Å²) in [5.74, 6) is 0.317. The summed E-state index contributed by atoms with van der Waals surface area (Å²) in [5, 5.41) is 3.74. The Labute approximate surface area is 118 Å². The van der Waals surface area contributed by atoms with Gasteiger partial charge in [-0.1, -0.05) is 6.07 Å². The molecule has 1 fully saturated rings. The summed E-state index contributed by atoms with van der Waals surface area (Å²) in [5.41, 5.74) is 0.639. The monoisotopic (exact) mass is 274 g/mol. The van der Waals surface area contributed by atoms with Crippen molar-refractivity contribution < 1.29 is 4.39 Å². The zero-order valence-electron chi connectivity index (χ0n) is 11.6. The van der Waals surface area contributed by atoms with Crippen LogP contribution >= 0.6 is 0 Å². The first kappa shape index (κ1) is 13.2. The molecule has 5 heteroatoms. The van der Waals surface area contributed by atoms with Crippen LogP contribution in [0.25, 0.3) is 10.9 Å². The lowest BCUT2D eigenvalue weighted by molar-refractivity contribution is 0.301. The number of fused-ring (bicyclic) bond motifs is 1. The van der Waals surface area contributed by atoms with Gasteiger partial charge in [-0.05, 0) is 45.0 Å². The van der Waals surface area contributed by atoms with Gasteiger partial charge in [0.05, 0.1) is 10.9 Å². The van der Waals surface area contributed by atoms with Gasteiger partial charge in [-0.2, -0.15) is 0 Å². The van der Waals surface area contributed by atoms with Crippen molar-refractivity contribution in [3.05, 3.63) is 30.3 Å². The van der Waals surface area contributed by atoms with Crippen LogP contribution in [-0.4, -0.2) is 41.0 Å². The van der Waals surface area contributed by atoms with E-state index in [0.29, 0.717) is 22.8 Å². The summed E-state index contributed by atoms with van der Waals surface area (Å²) in [6.45, 7) is 1.98. The molecule has 1 unspecified atom stereocenters. The van der Waals surface area contributed by atoms with Gasteiger partial charge in [0.15, 0.2) is 0 Å². The van der Waals surface area contributed by atoms with Crippen molar-refractivity contribution in [1.29, 1.82) is 0 Å². The topological polar surface area (TPSA) is 41.0 Å². The van der Waals surface area contributed by atoms with Crippen molar-refractivity contribution in [2.75, 3.05) is 25.5 Å². The van der Waals surface area contributed by atoms with E-state index in [1.807, 2.05) is 0 Å². The highest BCUT2D eigenvalue weighted by atomic mass is 19.1. The molecule has 1 aromatic heterocycles. The fourth-order valence-electron chi connectivity index (χ4n) is 2.90. The summed E-state index contributed by atoms with van der Waals surface area (Å²) in [4.78, 5) is 10.7. The molecule has 2 heterocycles. The average Bonchev–Trinajstić information content (AvgIpc) is 2.85. The third-order valence-electron chi connectivity index (χ3n) is 4.05. The molecular formula is C15H19FN4. The molecule has 1 saturated heterocycles. The van der Waals surface area contributed by atoms with Crippen molar-refractivity contribution >= 4 is 16.7 Å². The summed E-state index contributed by atoms with van der Waals surface area (Å²) >= 11 is 0. The molecule has 0 radical (unpaired) electrons. The third-order valence-corrected chi connectivity index (χ3v) is 4.05. The third kappa shape index (κ3) is 2.58. The van der Waals surface area contributed by atoms with Crippen molar-refractivity contribution in [2.24, 2.45) is 0 Å². The second kappa shape index (κ2) is 5.71. The molecule has 2 aromatic rings. The Morgan fingerprint density at radius 3 is 3.10 bits per heavy atom. The number of benzene rings is 1. The van der Waals surface area contributed by atoms with Gasteiger partial charge in [0.2, 0.25) is 0 Å². The molecular weight excluding hydrogens is 255 g/mol. The van der Waals surface area contributed by atoms with E-state index in [4.69, 9.17) is 0 Å². The maximum Gasteiger partial charge on any atom is 0.140 e. The number of halogens is 1. The van der Waals surface area contributed by atoms with Crippen LogP contribution < -0.4 is 5.32 Å². The van der Waals surface area contributed by atoms with Crippen LogP contribution in [0.2, 0.25) is 0 Å². The highest BCUT2D eigenvalue weighted by molar-refractivity contribution is 5.89. The van der Waals surface area contributed by atoms with Crippen LogP contribution in [0.4, 0.5) is 10.2 Å². The quantitative estimate of drug-likeness (QED) is 0.930. The SMILES string of the molecule is CN1CCCC1CCNc1ncnc2cccc(F)c12. The number of rotatable bonds is 4. The molecule has 4 nitrogen and oxygen atoms in total. The number of aromatic nitrogens is 2. The molecule has 20 heavy (non-hydrogen) atoms. The van der Waals surface area contributed by atoms with Crippen LogP contribution in [0, 0.1) is 5.82 Å². The molecule has 1 atom stereocenters. The van der Waals surface area contributed by atoms with Gasteiger partial charge < -0.3 is 10.2 Å². The molecule has 3 rings (SSSR count). The standard InChI is InChI=1S/C15H19FN4/c1-20-9-3-4-11(20)7-8-17-15-14-12(16)5-2-6-13(14)18-10-19-15/h2,5-6,10-11H,3-4,7-9H2,1H3,(H,17,18,19). The maximum absolute atomic E-state index is 13.9. The molecule has 0 aliphatic carbocycles.